The fourth-order valence-corrected chi connectivity index (χ4v) is 3.86. The third kappa shape index (κ3) is 3.83. The van der Waals surface area contributed by atoms with Gasteiger partial charge in [-0.1, -0.05) is 32.9 Å². The van der Waals surface area contributed by atoms with E-state index in [1.165, 1.54) is 6.33 Å². The van der Waals surface area contributed by atoms with Crippen LogP contribution in [0.4, 0.5) is 5.69 Å². The van der Waals surface area contributed by atoms with Gasteiger partial charge in [0.2, 0.25) is 0 Å². The molecule has 1 aromatic carbocycles. The summed E-state index contributed by atoms with van der Waals surface area (Å²) in [6, 6.07) is 7.77. The molecule has 0 bridgehead atoms. The van der Waals surface area contributed by atoms with E-state index in [2.05, 4.69) is 46.4 Å². The third-order valence-electron chi connectivity index (χ3n) is 5.58. The summed E-state index contributed by atoms with van der Waals surface area (Å²) in [5, 5.41) is 14.5. The number of amides is 1. The maximum Gasteiger partial charge on any atom is 0.276 e. The number of hydrogen-bond donors (Lipinski definition) is 2. The molecule has 0 fully saturated rings. The molecule has 28 heavy (non-hydrogen) atoms. The molecule has 4 rings (SSSR count). The SMILES string of the molecule is CC(C)(C)C1CCc2[nH]nc(C(=O)Nc3cccc(Cn4cncn4)c3)c2C1. The van der Waals surface area contributed by atoms with Crippen LogP contribution in [0.2, 0.25) is 0 Å². The van der Waals surface area contributed by atoms with Crippen molar-refractivity contribution in [3.63, 3.8) is 0 Å². The highest BCUT2D eigenvalue weighted by Gasteiger charge is 2.32. The van der Waals surface area contributed by atoms with E-state index in [-0.39, 0.29) is 11.3 Å². The summed E-state index contributed by atoms with van der Waals surface area (Å²) in [5.74, 6) is 0.389. The molecule has 0 spiro atoms. The molecule has 1 amide bonds. The van der Waals surface area contributed by atoms with Crippen molar-refractivity contribution < 1.29 is 4.79 Å². The second-order valence-corrected chi connectivity index (χ2v) is 8.58. The first-order valence-corrected chi connectivity index (χ1v) is 9.69. The second kappa shape index (κ2) is 7.22. The van der Waals surface area contributed by atoms with Crippen LogP contribution in [-0.2, 0) is 19.4 Å². The lowest BCUT2D eigenvalue weighted by Gasteiger charge is -2.33. The Morgan fingerprint density at radius 2 is 2.21 bits per heavy atom. The zero-order chi connectivity index (χ0) is 19.7. The average molecular weight is 378 g/mol. The second-order valence-electron chi connectivity index (χ2n) is 8.58. The molecule has 1 aliphatic rings. The number of rotatable bonds is 4. The molecule has 1 unspecified atom stereocenters. The van der Waals surface area contributed by atoms with E-state index >= 15 is 0 Å². The fraction of sp³-hybridized carbons (Fsp3) is 0.429. The first-order valence-electron chi connectivity index (χ1n) is 9.69. The van der Waals surface area contributed by atoms with Gasteiger partial charge in [0.25, 0.3) is 5.91 Å². The van der Waals surface area contributed by atoms with E-state index in [9.17, 15) is 4.79 Å². The Hall–Kier alpha value is -2.96. The molecule has 1 atom stereocenters. The topological polar surface area (TPSA) is 88.5 Å². The largest absolute Gasteiger partial charge is 0.321 e. The number of aromatic nitrogens is 5. The minimum absolute atomic E-state index is 0.162. The number of nitrogens with zero attached hydrogens (tertiary/aromatic N) is 4. The summed E-state index contributed by atoms with van der Waals surface area (Å²) in [6.45, 7) is 7.41. The van der Waals surface area contributed by atoms with Crippen LogP contribution < -0.4 is 5.32 Å². The van der Waals surface area contributed by atoms with Crippen molar-refractivity contribution in [1.82, 2.24) is 25.0 Å². The van der Waals surface area contributed by atoms with Crippen LogP contribution in [0.1, 0.15) is 54.5 Å². The Labute approximate surface area is 164 Å². The lowest BCUT2D eigenvalue weighted by atomic mass is 9.71. The van der Waals surface area contributed by atoms with Crippen LogP contribution in [0.15, 0.2) is 36.9 Å². The van der Waals surface area contributed by atoms with Crippen LogP contribution in [0.3, 0.4) is 0 Å². The average Bonchev–Trinajstić information content (AvgIpc) is 3.30. The van der Waals surface area contributed by atoms with Gasteiger partial charge in [-0.15, -0.1) is 0 Å². The Kier molecular flexibility index (Phi) is 4.75. The Balaban J connectivity index is 1.50. The molecule has 7 heteroatoms. The van der Waals surface area contributed by atoms with E-state index < -0.39 is 0 Å². The normalized spacial score (nSPS) is 16.6. The summed E-state index contributed by atoms with van der Waals surface area (Å²) in [4.78, 5) is 16.9. The fourth-order valence-electron chi connectivity index (χ4n) is 3.86. The van der Waals surface area contributed by atoms with Gasteiger partial charge in [-0.25, -0.2) is 9.67 Å². The molecular formula is C21H26N6O. The predicted molar refractivity (Wildman–Crippen MR) is 107 cm³/mol. The van der Waals surface area contributed by atoms with Gasteiger partial charge in [0.1, 0.15) is 12.7 Å². The summed E-state index contributed by atoms with van der Waals surface area (Å²) in [5.41, 5.74) is 4.71. The number of anilines is 1. The molecule has 2 N–H and O–H groups in total. The lowest BCUT2D eigenvalue weighted by molar-refractivity contribution is 0.102. The number of carbonyl (C=O) groups is 1. The summed E-state index contributed by atoms with van der Waals surface area (Å²) in [6.07, 6.45) is 6.16. The van der Waals surface area contributed by atoms with Crippen molar-refractivity contribution in [1.29, 1.82) is 0 Å². The van der Waals surface area contributed by atoms with Gasteiger partial charge in [0.15, 0.2) is 5.69 Å². The molecule has 0 saturated heterocycles. The van der Waals surface area contributed by atoms with E-state index in [0.717, 1.165) is 41.8 Å². The number of aromatic amines is 1. The van der Waals surface area contributed by atoms with Gasteiger partial charge < -0.3 is 5.32 Å². The van der Waals surface area contributed by atoms with Crippen LogP contribution in [-0.4, -0.2) is 30.9 Å². The third-order valence-corrected chi connectivity index (χ3v) is 5.58. The van der Waals surface area contributed by atoms with Crippen molar-refractivity contribution in [2.75, 3.05) is 5.32 Å². The molecule has 0 radical (unpaired) electrons. The van der Waals surface area contributed by atoms with Gasteiger partial charge in [-0.05, 0) is 48.3 Å². The number of nitrogens with one attached hydrogen (secondary N) is 2. The number of fused-ring (bicyclic) bond motifs is 1. The monoisotopic (exact) mass is 378 g/mol. The summed E-state index contributed by atoms with van der Waals surface area (Å²) < 4.78 is 1.75. The molecule has 3 aromatic rings. The van der Waals surface area contributed by atoms with Crippen molar-refractivity contribution in [2.45, 2.75) is 46.6 Å². The number of H-pyrrole nitrogens is 1. The van der Waals surface area contributed by atoms with E-state index in [1.807, 2.05) is 24.3 Å². The van der Waals surface area contributed by atoms with Crippen LogP contribution in [0.25, 0.3) is 0 Å². The predicted octanol–water partition coefficient (Wildman–Crippen LogP) is 3.45. The maximum absolute atomic E-state index is 12.9. The maximum atomic E-state index is 12.9. The van der Waals surface area contributed by atoms with Crippen molar-refractivity contribution in [3.8, 4) is 0 Å². The molecule has 0 saturated carbocycles. The van der Waals surface area contributed by atoms with Gasteiger partial charge in [-0.2, -0.15) is 10.2 Å². The van der Waals surface area contributed by atoms with Crippen LogP contribution in [0, 0.1) is 11.3 Å². The molecule has 7 nitrogen and oxygen atoms in total. The van der Waals surface area contributed by atoms with Gasteiger partial charge in [-0.3, -0.25) is 9.89 Å². The molecule has 1 aliphatic carbocycles. The highest BCUT2D eigenvalue weighted by Crippen LogP contribution is 2.37. The minimum Gasteiger partial charge on any atom is -0.321 e. The number of hydrogen-bond acceptors (Lipinski definition) is 4. The van der Waals surface area contributed by atoms with E-state index in [4.69, 9.17) is 0 Å². The standard InChI is InChI=1S/C21H26N6O/c1-21(2,3)15-7-8-18-17(10-15)19(26-25-18)20(28)24-16-6-4-5-14(9-16)11-27-13-22-12-23-27/h4-6,9,12-13,15H,7-8,10-11H2,1-3H3,(H,24,28)(H,25,26). The zero-order valence-electron chi connectivity index (χ0n) is 16.6. The van der Waals surface area contributed by atoms with Crippen LogP contribution in [0.5, 0.6) is 0 Å². The number of benzene rings is 1. The Bertz CT molecular complexity index is 967. The van der Waals surface area contributed by atoms with Gasteiger partial charge in [0, 0.05) is 16.9 Å². The first kappa shape index (κ1) is 18.4. The lowest BCUT2D eigenvalue weighted by Crippen LogP contribution is -2.28. The van der Waals surface area contributed by atoms with Gasteiger partial charge in [0.05, 0.1) is 6.54 Å². The molecule has 2 aromatic heterocycles. The van der Waals surface area contributed by atoms with Crippen LogP contribution >= 0.6 is 0 Å². The quantitative estimate of drug-likeness (QED) is 0.728. The van der Waals surface area contributed by atoms with E-state index in [1.54, 1.807) is 11.0 Å². The van der Waals surface area contributed by atoms with Crippen molar-refractivity contribution in [3.05, 3.63) is 59.4 Å². The highest BCUT2D eigenvalue weighted by molar-refractivity contribution is 6.04. The summed E-state index contributed by atoms with van der Waals surface area (Å²) >= 11 is 0. The Morgan fingerprint density at radius 1 is 1.36 bits per heavy atom. The van der Waals surface area contributed by atoms with Crippen molar-refractivity contribution >= 4 is 11.6 Å². The molecule has 146 valence electrons. The van der Waals surface area contributed by atoms with Crippen molar-refractivity contribution in [2.24, 2.45) is 11.3 Å². The van der Waals surface area contributed by atoms with Gasteiger partial charge >= 0.3 is 0 Å². The Morgan fingerprint density at radius 3 is 2.96 bits per heavy atom. The molecular weight excluding hydrogens is 352 g/mol. The number of carbonyl (C=O) groups excluding carboxylic acids is 1. The zero-order valence-corrected chi connectivity index (χ0v) is 16.6. The smallest absolute Gasteiger partial charge is 0.276 e. The number of aryl methyl sites for hydroxylation is 1. The molecule has 0 aliphatic heterocycles. The first-order chi connectivity index (χ1) is 13.4. The summed E-state index contributed by atoms with van der Waals surface area (Å²) in [7, 11) is 0. The molecule has 2 heterocycles. The van der Waals surface area contributed by atoms with E-state index in [0.29, 0.717) is 18.2 Å². The highest BCUT2D eigenvalue weighted by atomic mass is 16.1. The minimum atomic E-state index is -0.162.